The quantitative estimate of drug-likeness (QED) is 0.359. The topological polar surface area (TPSA) is 128 Å². The number of hydrogen-bond acceptors (Lipinski definition) is 6. The van der Waals surface area contributed by atoms with E-state index in [2.05, 4.69) is 10.6 Å². The number of alkyl halides is 3. The first-order chi connectivity index (χ1) is 15.0. The van der Waals surface area contributed by atoms with E-state index in [1.54, 1.807) is 0 Å². The Labute approximate surface area is 179 Å². The number of hydrogen-bond donors (Lipinski definition) is 2. The second kappa shape index (κ2) is 10.4. The SMILES string of the molecule is C[C@@H](OC(=O)CCNC(=O)c1ccc([N+](=O)[O-])cc1)C(=O)Nc1ccc(C(F)(F)F)cc1. The third kappa shape index (κ3) is 7.07. The molecule has 0 bridgehead atoms. The number of nitro benzene ring substituents is 1. The zero-order valence-electron chi connectivity index (χ0n) is 16.6. The van der Waals surface area contributed by atoms with Crippen LogP contribution in [0.2, 0.25) is 0 Å². The van der Waals surface area contributed by atoms with E-state index in [0.717, 1.165) is 24.3 Å². The van der Waals surface area contributed by atoms with Gasteiger partial charge in [0.1, 0.15) is 0 Å². The highest BCUT2D eigenvalue weighted by atomic mass is 19.4. The molecule has 0 aliphatic rings. The van der Waals surface area contributed by atoms with Crippen molar-refractivity contribution in [3.63, 3.8) is 0 Å². The van der Waals surface area contributed by atoms with Crippen LogP contribution in [-0.4, -0.2) is 35.4 Å². The number of amides is 2. The lowest BCUT2D eigenvalue weighted by Gasteiger charge is -2.14. The molecule has 2 N–H and O–H groups in total. The van der Waals surface area contributed by atoms with Gasteiger partial charge in [-0.2, -0.15) is 13.2 Å². The maximum atomic E-state index is 12.6. The molecule has 9 nitrogen and oxygen atoms in total. The Bertz CT molecular complexity index is 991. The molecule has 0 saturated carbocycles. The summed E-state index contributed by atoms with van der Waals surface area (Å²) in [5, 5.41) is 15.4. The fraction of sp³-hybridized carbons (Fsp3) is 0.250. The number of halogens is 3. The van der Waals surface area contributed by atoms with Gasteiger partial charge in [-0.15, -0.1) is 0 Å². The smallest absolute Gasteiger partial charge is 0.416 e. The van der Waals surface area contributed by atoms with Crippen molar-refractivity contribution in [1.29, 1.82) is 0 Å². The molecule has 0 spiro atoms. The Morgan fingerprint density at radius 1 is 1.06 bits per heavy atom. The highest BCUT2D eigenvalue weighted by molar-refractivity contribution is 5.95. The highest BCUT2D eigenvalue weighted by Crippen LogP contribution is 2.29. The lowest BCUT2D eigenvalue weighted by atomic mass is 10.2. The van der Waals surface area contributed by atoms with Crippen molar-refractivity contribution in [1.82, 2.24) is 5.32 Å². The number of non-ortho nitro benzene ring substituents is 1. The molecule has 12 heteroatoms. The summed E-state index contributed by atoms with van der Waals surface area (Å²) in [6.07, 6.45) is -5.98. The molecule has 0 heterocycles. The van der Waals surface area contributed by atoms with Gasteiger partial charge < -0.3 is 15.4 Å². The van der Waals surface area contributed by atoms with E-state index < -0.39 is 40.6 Å². The van der Waals surface area contributed by atoms with Crippen molar-refractivity contribution in [3.8, 4) is 0 Å². The number of nitro groups is 1. The molecule has 0 aliphatic carbocycles. The van der Waals surface area contributed by atoms with Gasteiger partial charge >= 0.3 is 12.1 Å². The van der Waals surface area contributed by atoms with Crippen LogP contribution >= 0.6 is 0 Å². The molecular weight excluding hydrogens is 435 g/mol. The number of carbonyl (C=O) groups is 3. The Morgan fingerprint density at radius 2 is 1.66 bits per heavy atom. The standard InChI is InChI=1S/C20H18F3N3O6/c1-12(18(28)25-15-6-4-14(5-7-15)20(21,22)23)32-17(27)10-11-24-19(29)13-2-8-16(9-3-13)26(30)31/h2-9,12H,10-11H2,1H3,(H,24,29)(H,25,28)/t12-/m1/s1. The third-order valence-corrected chi connectivity index (χ3v) is 4.11. The average molecular weight is 453 g/mol. The fourth-order valence-electron chi connectivity index (χ4n) is 2.41. The first kappa shape index (κ1) is 24.3. The Hall–Kier alpha value is -3.96. The molecule has 2 aromatic rings. The van der Waals surface area contributed by atoms with E-state index in [9.17, 15) is 37.7 Å². The largest absolute Gasteiger partial charge is 0.452 e. The third-order valence-electron chi connectivity index (χ3n) is 4.11. The lowest BCUT2D eigenvalue weighted by Crippen LogP contribution is -2.32. The van der Waals surface area contributed by atoms with Gasteiger partial charge in [-0.25, -0.2) is 0 Å². The number of carbonyl (C=O) groups excluding carboxylic acids is 3. The van der Waals surface area contributed by atoms with E-state index in [1.807, 2.05) is 0 Å². The van der Waals surface area contributed by atoms with Crippen LogP contribution in [0.15, 0.2) is 48.5 Å². The predicted octanol–water partition coefficient (Wildman–Crippen LogP) is 3.30. The number of nitrogens with zero attached hydrogens (tertiary/aromatic N) is 1. The molecular formula is C20H18F3N3O6. The second-order valence-corrected chi connectivity index (χ2v) is 6.51. The monoisotopic (exact) mass is 453 g/mol. The molecule has 0 saturated heterocycles. The van der Waals surface area contributed by atoms with E-state index in [1.165, 1.54) is 31.2 Å². The summed E-state index contributed by atoms with van der Waals surface area (Å²) in [6.45, 7) is 1.18. The molecule has 32 heavy (non-hydrogen) atoms. The molecule has 0 radical (unpaired) electrons. The van der Waals surface area contributed by atoms with Gasteiger partial charge in [0.25, 0.3) is 17.5 Å². The van der Waals surface area contributed by atoms with E-state index in [-0.39, 0.29) is 29.9 Å². The van der Waals surface area contributed by atoms with Crippen LogP contribution in [0.25, 0.3) is 0 Å². The Morgan fingerprint density at radius 3 is 2.19 bits per heavy atom. The van der Waals surface area contributed by atoms with Crippen LogP contribution in [-0.2, 0) is 20.5 Å². The average Bonchev–Trinajstić information content (AvgIpc) is 2.73. The summed E-state index contributed by atoms with van der Waals surface area (Å²) in [5.41, 5.74) is -0.783. The summed E-state index contributed by atoms with van der Waals surface area (Å²) < 4.78 is 42.6. The molecule has 0 unspecified atom stereocenters. The van der Waals surface area contributed by atoms with Crippen LogP contribution in [0.5, 0.6) is 0 Å². The first-order valence-corrected chi connectivity index (χ1v) is 9.17. The van der Waals surface area contributed by atoms with Crippen molar-refractivity contribution < 1.29 is 37.2 Å². The van der Waals surface area contributed by atoms with Gasteiger partial charge in [-0.3, -0.25) is 24.5 Å². The van der Waals surface area contributed by atoms with Crippen LogP contribution in [0, 0.1) is 10.1 Å². The van der Waals surface area contributed by atoms with Crippen molar-refractivity contribution in [3.05, 3.63) is 69.8 Å². The van der Waals surface area contributed by atoms with Gasteiger partial charge in [0.15, 0.2) is 6.10 Å². The van der Waals surface area contributed by atoms with Crippen molar-refractivity contribution in [2.75, 3.05) is 11.9 Å². The van der Waals surface area contributed by atoms with Gasteiger partial charge in [0.05, 0.1) is 16.9 Å². The van der Waals surface area contributed by atoms with Crippen molar-refractivity contribution in [2.45, 2.75) is 25.6 Å². The molecule has 2 rings (SSSR count). The molecule has 1 atom stereocenters. The number of nitrogens with one attached hydrogen (secondary N) is 2. The van der Waals surface area contributed by atoms with Gasteiger partial charge in [0, 0.05) is 29.9 Å². The van der Waals surface area contributed by atoms with Crippen molar-refractivity contribution >= 4 is 29.2 Å². The predicted molar refractivity (Wildman–Crippen MR) is 106 cm³/mol. The minimum absolute atomic E-state index is 0.0984. The number of ether oxygens (including phenoxy) is 1. The Kier molecular flexibility index (Phi) is 7.88. The normalized spacial score (nSPS) is 11.9. The van der Waals surface area contributed by atoms with Gasteiger partial charge in [-0.1, -0.05) is 0 Å². The molecule has 0 fully saturated rings. The minimum atomic E-state index is -4.50. The lowest BCUT2D eigenvalue weighted by molar-refractivity contribution is -0.384. The maximum absolute atomic E-state index is 12.6. The van der Waals surface area contributed by atoms with Gasteiger partial charge in [0.2, 0.25) is 0 Å². The summed E-state index contributed by atoms with van der Waals surface area (Å²) >= 11 is 0. The number of benzene rings is 2. The summed E-state index contributed by atoms with van der Waals surface area (Å²) in [5.74, 6) is -2.09. The summed E-state index contributed by atoms with van der Waals surface area (Å²) in [4.78, 5) is 45.8. The molecule has 0 aliphatic heterocycles. The fourth-order valence-corrected chi connectivity index (χ4v) is 2.41. The molecule has 170 valence electrons. The van der Waals surface area contributed by atoms with E-state index in [4.69, 9.17) is 4.74 Å². The summed E-state index contributed by atoms with van der Waals surface area (Å²) in [6, 6.07) is 8.62. The number of anilines is 1. The van der Waals surface area contributed by atoms with Crippen LogP contribution in [0.3, 0.4) is 0 Å². The van der Waals surface area contributed by atoms with Crippen LogP contribution in [0.4, 0.5) is 24.5 Å². The Balaban J connectivity index is 1.76. The van der Waals surface area contributed by atoms with E-state index in [0.29, 0.717) is 0 Å². The van der Waals surface area contributed by atoms with Crippen LogP contribution in [0.1, 0.15) is 29.3 Å². The second-order valence-electron chi connectivity index (χ2n) is 6.51. The van der Waals surface area contributed by atoms with Crippen molar-refractivity contribution in [2.24, 2.45) is 0 Å². The first-order valence-electron chi connectivity index (χ1n) is 9.17. The molecule has 2 amide bonds. The molecule has 2 aromatic carbocycles. The highest BCUT2D eigenvalue weighted by Gasteiger charge is 2.30. The van der Waals surface area contributed by atoms with Crippen LogP contribution < -0.4 is 10.6 Å². The zero-order valence-corrected chi connectivity index (χ0v) is 16.6. The number of rotatable bonds is 8. The zero-order chi connectivity index (χ0) is 23.9. The summed E-state index contributed by atoms with van der Waals surface area (Å²) in [7, 11) is 0. The maximum Gasteiger partial charge on any atom is 0.416 e. The van der Waals surface area contributed by atoms with Gasteiger partial charge in [-0.05, 0) is 43.3 Å². The van der Waals surface area contributed by atoms with E-state index >= 15 is 0 Å². The number of esters is 1. The minimum Gasteiger partial charge on any atom is -0.452 e. The molecule has 0 aromatic heterocycles.